The Bertz CT molecular complexity index is 4070. The Hall–Kier alpha value is -7.39. The third-order valence-corrected chi connectivity index (χ3v) is 26.0. The Morgan fingerprint density at radius 3 is 0.727 bits per heavy atom. The molecule has 744 valence electrons. The van der Waals surface area contributed by atoms with Crippen LogP contribution >= 0.6 is 0 Å². The highest BCUT2D eigenvalue weighted by Gasteiger charge is 2.66. The molecule has 0 N–H and O–H groups in total. The van der Waals surface area contributed by atoms with Crippen LogP contribution in [-0.2, 0) is 143 Å². The first kappa shape index (κ1) is 107. The van der Waals surface area contributed by atoms with Crippen molar-refractivity contribution >= 4 is 65.8 Å². The summed E-state index contributed by atoms with van der Waals surface area (Å²) < 4.78 is 115. The van der Waals surface area contributed by atoms with Crippen LogP contribution in [-0.4, -0.2) is 209 Å². The van der Waals surface area contributed by atoms with Gasteiger partial charge in [-0.05, 0) is 298 Å². The number of ether oxygens (including phenoxy) is 20. The van der Waals surface area contributed by atoms with Gasteiger partial charge in [0.25, 0.3) is 0 Å². The minimum atomic E-state index is -0.942. The maximum Gasteiger partial charge on any atom is 0.508 e. The monoisotopic (exact) mass is 1860 g/mol. The first-order chi connectivity index (χ1) is 60.6. The maximum atomic E-state index is 13.5. The van der Waals surface area contributed by atoms with Gasteiger partial charge < -0.3 is 94.7 Å². The average Bonchev–Trinajstić information content (AvgIpc) is 0.733. The van der Waals surface area contributed by atoms with E-state index in [2.05, 4.69) is 26.3 Å². The first-order valence-electron chi connectivity index (χ1n) is 47.6. The van der Waals surface area contributed by atoms with Crippen molar-refractivity contribution in [3.63, 3.8) is 0 Å². The van der Waals surface area contributed by atoms with E-state index in [1.165, 1.54) is 0 Å². The lowest BCUT2D eigenvalue weighted by molar-refractivity contribution is -0.306. The van der Waals surface area contributed by atoms with E-state index in [9.17, 15) is 52.7 Å². The summed E-state index contributed by atoms with van der Waals surface area (Å²) in [6.07, 6.45) is 12.4. The number of carbonyl (C=O) groups is 11. The molecule has 0 aromatic carbocycles. The predicted octanol–water partition coefficient (Wildman–Crippen LogP) is 17.0. The molecule has 0 aromatic rings. The van der Waals surface area contributed by atoms with Gasteiger partial charge >= 0.3 is 65.8 Å². The molecule has 16 rings (SSSR count). The molecule has 14 unspecified atom stereocenters. The van der Waals surface area contributed by atoms with Crippen molar-refractivity contribution in [2.24, 2.45) is 46.3 Å². The molecule has 4 saturated heterocycles. The van der Waals surface area contributed by atoms with Crippen molar-refractivity contribution in [2.75, 3.05) is 26.4 Å². The van der Waals surface area contributed by atoms with Gasteiger partial charge in [-0.3, -0.25) is 28.8 Å². The van der Waals surface area contributed by atoms with Crippen molar-refractivity contribution in [1.29, 1.82) is 0 Å². The zero-order chi connectivity index (χ0) is 98.1. The van der Waals surface area contributed by atoms with Gasteiger partial charge in [-0.2, -0.15) is 0 Å². The molecular weight excluding hydrogens is 1710 g/mol. The number of esters is 10. The van der Waals surface area contributed by atoms with Gasteiger partial charge in [0, 0.05) is 67.2 Å². The minimum absolute atomic E-state index is 0.0187. The molecular formula is C101H154O31. The summed E-state index contributed by atoms with van der Waals surface area (Å²) in [5, 5.41) is 0. The highest BCUT2D eigenvalue weighted by Crippen LogP contribution is 2.66. The molecule has 0 amide bonds. The van der Waals surface area contributed by atoms with Crippen molar-refractivity contribution in [3.05, 3.63) is 48.6 Å². The van der Waals surface area contributed by atoms with Crippen LogP contribution in [0.3, 0.4) is 0 Å². The van der Waals surface area contributed by atoms with Gasteiger partial charge in [-0.25, -0.2) is 24.0 Å². The number of hydrogen-bond acceptors (Lipinski definition) is 31. The van der Waals surface area contributed by atoms with Crippen LogP contribution in [0.5, 0.6) is 0 Å². The molecule has 31 heteroatoms. The van der Waals surface area contributed by atoms with Crippen molar-refractivity contribution < 1.29 is 147 Å². The molecule has 4 aliphatic heterocycles. The van der Waals surface area contributed by atoms with Gasteiger partial charge in [0.1, 0.15) is 71.2 Å². The number of rotatable bonds is 26. The van der Waals surface area contributed by atoms with Crippen LogP contribution in [0, 0.1) is 46.3 Å². The summed E-state index contributed by atoms with van der Waals surface area (Å²) in [6.45, 7) is 57.6. The normalized spacial score (nSPS) is 34.3. The lowest BCUT2D eigenvalue weighted by atomic mass is 9.48. The molecule has 16 fully saturated rings. The molecule has 4 heterocycles. The van der Waals surface area contributed by atoms with Crippen molar-refractivity contribution in [3.8, 4) is 0 Å². The van der Waals surface area contributed by atoms with Crippen LogP contribution < -0.4 is 0 Å². The molecule has 12 bridgehead atoms. The highest BCUT2D eigenvalue weighted by atomic mass is 16.8. The highest BCUT2D eigenvalue weighted by molar-refractivity contribution is 5.89. The van der Waals surface area contributed by atoms with E-state index in [1.807, 2.05) is 83.1 Å². The second kappa shape index (κ2) is 40.7. The Morgan fingerprint density at radius 1 is 0.273 bits per heavy atom. The Labute approximate surface area is 780 Å². The van der Waals surface area contributed by atoms with Crippen LogP contribution in [0.2, 0.25) is 0 Å². The fourth-order valence-electron chi connectivity index (χ4n) is 23.6. The van der Waals surface area contributed by atoms with Gasteiger partial charge in [0.15, 0.2) is 23.1 Å². The summed E-state index contributed by atoms with van der Waals surface area (Å²) in [7, 11) is 0. The molecule has 12 saturated carbocycles. The molecule has 0 radical (unpaired) electrons. The zero-order valence-corrected chi connectivity index (χ0v) is 83.3. The van der Waals surface area contributed by atoms with E-state index in [4.69, 9.17) is 94.7 Å². The number of hydrogen-bond donors (Lipinski definition) is 0. The largest absolute Gasteiger partial charge is 0.508 e. The summed E-state index contributed by atoms with van der Waals surface area (Å²) in [4.78, 5) is 137. The van der Waals surface area contributed by atoms with E-state index in [0.717, 1.165) is 96.3 Å². The van der Waals surface area contributed by atoms with Crippen LogP contribution in [0.4, 0.5) is 4.79 Å². The lowest BCUT2D eigenvalue weighted by Gasteiger charge is -2.59. The molecule has 31 nitrogen and oxygen atoms in total. The van der Waals surface area contributed by atoms with Crippen molar-refractivity contribution in [2.45, 2.75) is 450 Å². The molecule has 0 aromatic heterocycles. The molecule has 12 aliphatic carbocycles. The average molecular weight is 1860 g/mol. The smallest absolute Gasteiger partial charge is 0.462 e. The zero-order valence-electron chi connectivity index (χ0n) is 83.3. The third kappa shape index (κ3) is 30.8. The van der Waals surface area contributed by atoms with E-state index in [1.54, 1.807) is 83.1 Å². The van der Waals surface area contributed by atoms with Crippen molar-refractivity contribution in [1.82, 2.24) is 0 Å². The summed E-state index contributed by atoms with van der Waals surface area (Å²) >= 11 is 0. The van der Waals surface area contributed by atoms with Gasteiger partial charge in [0.2, 0.25) is 0 Å². The van der Waals surface area contributed by atoms with Crippen LogP contribution in [0.25, 0.3) is 0 Å². The van der Waals surface area contributed by atoms with E-state index in [-0.39, 0.29) is 118 Å². The third-order valence-electron chi connectivity index (χ3n) is 26.0. The van der Waals surface area contributed by atoms with Crippen LogP contribution in [0.1, 0.15) is 333 Å². The standard InChI is InChI=1S/C28H42O9.2C28H42O8.C17H28O6/c1-17(2)23(30)36-27-11-18-8-19(12-27)14-28(13-18,16-27)37-24(31)32-15-21-9-20(33-26(6,7)34-21)10-22(29)35-25(3,4)5;2*1-17(2)23(30)36-28-13-18-8-19(14-28)12-27(11-18,16-28)24(31)32-15-21-9-20(33-26(6,7)34-21)10-22(29)35-25(3,4)5;1-11(2)15(19)20-10-13-8-12(21-17(6,7)22-13)9-14(18)23-16(3,4)5/h18-21H,1,8-16H2,2-7H3;2*18-21H,1,8-16H2,2-7H3;12-13H,1,8-10H2,2-7H3. The molecule has 16 aliphatic rings. The van der Waals surface area contributed by atoms with E-state index >= 15 is 0 Å². The van der Waals surface area contributed by atoms with Gasteiger partial charge in [-0.15, -0.1) is 0 Å². The lowest BCUT2D eigenvalue weighted by Crippen LogP contribution is -2.61. The predicted molar refractivity (Wildman–Crippen MR) is 478 cm³/mol. The topological polar surface area (TPSA) is 372 Å². The Kier molecular flexibility index (Phi) is 32.9. The van der Waals surface area contributed by atoms with Crippen LogP contribution in [0.15, 0.2) is 48.6 Å². The molecule has 132 heavy (non-hydrogen) atoms. The van der Waals surface area contributed by atoms with Gasteiger partial charge in [0.05, 0.1) is 85.3 Å². The SMILES string of the molecule is C=C(C)C(=O)OC12CC3CC(C1)CC(C(=O)OCC1CC(CC(=O)OC(C)(C)C)OC(C)(C)O1)(C3)C2.C=C(C)C(=O)OC12CC3CC(C1)CC(C(=O)OCC1CC(CC(=O)OC(C)(C)C)OC(C)(C)O1)(C3)C2.C=C(C)C(=O)OC12CC3CC(CC(OC(=O)OCC4CC(CC(=O)OC(C)(C)C)OC(C)(C)O4)(C3)C1)C2.C=C(C)C(=O)OCC1CC(CC(=O)OC(C)(C)C)OC(C)(C)O1. The summed E-state index contributed by atoms with van der Waals surface area (Å²) in [6, 6.07) is 0. The number of carbonyl (C=O) groups excluding carboxylic acids is 11. The Balaban J connectivity index is 0.000000185. The van der Waals surface area contributed by atoms with E-state index < -0.39 is 128 Å². The summed E-state index contributed by atoms with van der Waals surface area (Å²) in [5.74, 6) is -4.91. The second-order valence-electron chi connectivity index (χ2n) is 46.5. The second-order valence-corrected chi connectivity index (χ2v) is 46.5. The summed E-state index contributed by atoms with van der Waals surface area (Å²) in [5.41, 5.74) is -4.55. The fourth-order valence-corrected chi connectivity index (χ4v) is 23.6. The fraction of sp³-hybridized carbons (Fsp3) is 0.812. The molecule has 14 atom stereocenters. The maximum absolute atomic E-state index is 13.5. The van der Waals surface area contributed by atoms with E-state index in [0.29, 0.717) is 103 Å². The molecule has 0 spiro atoms. The first-order valence-corrected chi connectivity index (χ1v) is 47.6. The van der Waals surface area contributed by atoms with Gasteiger partial charge in [-0.1, -0.05) is 26.3 Å². The quantitative estimate of drug-likeness (QED) is 0.0441. The minimum Gasteiger partial charge on any atom is -0.462 e. The Morgan fingerprint density at radius 2 is 0.485 bits per heavy atom.